The van der Waals surface area contributed by atoms with Crippen LogP contribution in [0.2, 0.25) is 0 Å². The lowest BCUT2D eigenvalue weighted by Crippen LogP contribution is -2.36. The van der Waals surface area contributed by atoms with E-state index < -0.39 is 48.0 Å². The Kier molecular flexibility index (Phi) is 23.2. The van der Waals surface area contributed by atoms with Crippen LogP contribution in [0.15, 0.2) is 24.3 Å². The summed E-state index contributed by atoms with van der Waals surface area (Å²) in [7, 11) is 0. The molecule has 40 heavy (non-hydrogen) atoms. The van der Waals surface area contributed by atoms with Crippen molar-refractivity contribution >= 4 is 23.9 Å². The Hall–Kier alpha value is -3.26. The van der Waals surface area contributed by atoms with Crippen molar-refractivity contribution in [1.29, 1.82) is 0 Å². The van der Waals surface area contributed by atoms with Crippen molar-refractivity contribution in [3.05, 3.63) is 29.8 Å². The Morgan fingerprint density at radius 3 is 1.20 bits per heavy atom. The normalized spacial score (nSPS) is 14.7. The number of carbonyl (C=O) groups is 4. The second-order valence-corrected chi connectivity index (χ2v) is 9.89. The molecule has 1 aromatic rings. The molecule has 0 saturated carbocycles. The highest BCUT2D eigenvalue weighted by atomic mass is 16.4. The monoisotopic (exact) mass is 574 g/mol. The smallest absolute Gasteiger partial charge is 0.320 e. The fourth-order valence-corrected chi connectivity index (χ4v) is 2.58. The first-order valence-electron chi connectivity index (χ1n) is 13.0. The van der Waals surface area contributed by atoms with Crippen LogP contribution in [0.5, 0.6) is 5.75 Å². The van der Waals surface area contributed by atoms with Gasteiger partial charge in [-0.05, 0) is 48.3 Å². The molecule has 0 saturated heterocycles. The summed E-state index contributed by atoms with van der Waals surface area (Å²) in [5.41, 5.74) is 21.9. The topological polar surface area (TPSA) is 274 Å². The molecule has 0 heterocycles. The first-order valence-corrected chi connectivity index (χ1v) is 13.0. The zero-order valence-corrected chi connectivity index (χ0v) is 24.4. The SMILES string of the molecule is CC(C)C[C@H](N)C(=O)O.CC[C@H](C)[C@H](N)C(=O)O.CC[C@H](C)[C@H](N)C(=O)O.N[C@@H](Cc1ccc(O)cc1)C(=O)O. The van der Waals surface area contributed by atoms with E-state index in [1.54, 1.807) is 12.1 Å². The van der Waals surface area contributed by atoms with Gasteiger partial charge in [0.2, 0.25) is 0 Å². The standard InChI is InChI=1S/C9H11NO3.3C6H13NO2/c10-8(9(12)13)5-6-1-3-7(11)4-2-6;1-4(2)3-5(7)6(8)9;2*1-3-4(2)5(7)6(8)9/h1-4,8,11H,5,10H2,(H,12,13);3*4-5H,3,7H2,1-2H3,(H,8,9)/t8-;5-;2*4-,5-/m0000/s1. The minimum Gasteiger partial charge on any atom is -0.508 e. The van der Waals surface area contributed by atoms with Crippen LogP contribution >= 0.6 is 0 Å². The van der Waals surface area contributed by atoms with Crippen molar-refractivity contribution in [1.82, 2.24) is 0 Å². The van der Waals surface area contributed by atoms with Crippen LogP contribution in [-0.4, -0.2) is 73.6 Å². The van der Waals surface area contributed by atoms with Crippen LogP contribution in [0.1, 0.15) is 66.4 Å². The highest BCUT2D eigenvalue weighted by molar-refractivity contribution is 5.74. The Bertz CT molecular complexity index is 840. The number of aliphatic carboxylic acids is 4. The van der Waals surface area contributed by atoms with Gasteiger partial charge in [0.1, 0.15) is 29.9 Å². The molecular formula is C27H50N4O9. The number of hydrogen-bond donors (Lipinski definition) is 9. The fourth-order valence-electron chi connectivity index (χ4n) is 2.58. The van der Waals surface area contributed by atoms with E-state index >= 15 is 0 Å². The molecule has 13 heteroatoms. The average molecular weight is 575 g/mol. The lowest BCUT2D eigenvalue weighted by atomic mass is 10.0. The number of carboxylic acid groups (broad SMARTS) is 4. The van der Waals surface area contributed by atoms with E-state index in [1.165, 1.54) is 12.1 Å². The van der Waals surface area contributed by atoms with Gasteiger partial charge < -0.3 is 48.5 Å². The zero-order valence-electron chi connectivity index (χ0n) is 24.4. The van der Waals surface area contributed by atoms with Crippen molar-refractivity contribution in [2.75, 3.05) is 0 Å². The molecule has 1 aromatic carbocycles. The third-order valence-electron chi connectivity index (χ3n) is 5.84. The van der Waals surface area contributed by atoms with Crippen LogP contribution in [0, 0.1) is 17.8 Å². The van der Waals surface area contributed by atoms with Gasteiger partial charge in [-0.3, -0.25) is 19.2 Å². The fraction of sp³-hybridized carbons (Fsp3) is 0.630. The van der Waals surface area contributed by atoms with Gasteiger partial charge in [-0.25, -0.2) is 0 Å². The molecule has 0 radical (unpaired) electrons. The van der Waals surface area contributed by atoms with Crippen LogP contribution in [-0.2, 0) is 25.6 Å². The molecule has 13 N–H and O–H groups in total. The molecule has 0 bridgehead atoms. The number of benzene rings is 1. The average Bonchev–Trinajstić information content (AvgIpc) is 2.88. The van der Waals surface area contributed by atoms with Crippen LogP contribution < -0.4 is 22.9 Å². The molecule has 0 amide bonds. The Balaban J connectivity index is -0.000000465. The van der Waals surface area contributed by atoms with E-state index in [2.05, 4.69) is 0 Å². The quantitative estimate of drug-likeness (QED) is 0.172. The molecule has 0 aliphatic rings. The molecule has 232 valence electrons. The second-order valence-electron chi connectivity index (χ2n) is 9.89. The minimum atomic E-state index is -1.02. The maximum absolute atomic E-state index is 10.4. The van der Waals surface area contributed by atoms with E-state index in [9.17, 15) is 19.2 Å². The van der Waals surface area contributed by atoms with E-state index in [-0.39, 0.29) is 24.0 Å². The predicted octanol–water partition coefficient (Wildman–Crippen LogP) is 1.68. The summed E-state index contributed by atoms with van der Waals surface area (Å²) in [5, 5.41) is 42.5. The largest absolute Gasteiger partial charge is 0.508 e. The molecule has 13 nitrogen and oxygen atoms in total. The maximum Gasteiger partial charge on any atom is 0.320 e. The van der Waals surface area contributed by atoms with Crippen molar-refractivity contribution in [3.63, 3.8) is 0 Å². The lowest BCUT2D eigenvalue weighted by molar-refractivity contribution is -0.140. The van der Waals surface area contributed by atoms with Crippen LogP contribution in [0.3, 0.4) is 0 Å². The number of hydrogen-bond acceptors (Lipinski definition) is 9. The molecule has 6 atom stereocenters. The van der Waals surface area contributed by atoms with Crippen molar-refractivity contribution < 1.29 is 44.7 Å². The molecular weight excluding hydrogens is 524 g/mol. The number of rotatable bonds is 12. The summed E-state index contributed by atoms with van der Waals surface area (Å²) in [6, 6.07) is 3.34. The molecule has 0 aliphatic carbocycles. The van der Waals surface area contributed by atoms with Gasteiger partial charge >= 0.3 is 23.9 Å². The van der Waals surface area contributed by atoms with Crippen molar-refractivity contribution in [2.45, 2.75) is 91.4 Å². The Morgan fingerprint density at radius 1 is 0.650 bits per heavy atom. The first-order chi connectivity index (χ1) is 18.3. The Labute approximate surface area is 236 Å². The number of aromatic hydroxyl groups is 1. The van der Waals surface area contributed by atoms with Gasteiger partial charge in [0, 0.05) is 0 Å². The minimum absolute atomic E-state index is 0.0718. The predicted molar refractivity (Wildman–Crippen MR) is 153 cm³/mol. The molecule has 1 rings (SSSR count). The summed E-state index contributed by atoms with van der Waals surface area (Å²) in [6.07, 6.45) is 2.45. The van der Waals surface area contributed by atoms with Crippen LogP contribution in [0.25, 0.3) is 0 Å². The van der Waals surface area contributed by atoms with Gasteiger partial charge in [-0.2, -0.15) is 0 Å². The third-order valence-corrected chi connectivity index (χ3v) is 5.84. The van der Waals surface area contributed by atoms with Crippen molar-refractivity contribution in [3.8, 4) is 5.75 Å². The number of phenolic OH excluding ortho intramolecular Hbond substituents is 1. The van der Waals surface area contributed by atoms with Gasteiger partial charge in [-0.15, -0.1) is 0 Å². The summed E-state index contributed by atoms with van der Waals surface area (Å²) in [4.78, 5) is 40.9. The van der Waals surface area contributed by atoms with E-state index in [0.29, 0.717) is 12.3 Å². The van der Waals surface area contributed by atoms with Gasteiger partial charge in [0.25, 0.3) is 0 Å². The van der Waals surface area contributed by atoms with Crippen LogP contribution in [0.4, 0.5) is 0 Å². The summed E-state index contributed by atoms with van der Waals surface area (Å²) in [6.45, 7) is 11.4. The summed E-state index contributed by atoms with van der Waals surface area (Å²) < 4.78 is 0. The second kappa shape index (κ2) is 22.5. The van der Waals surface area contributed by atoms with Gasteiger partial charge in [-0.1, -0.05) is 66.5 Å². The van der Waals surface area contributed by atoms with E-state index in [1.807, 2.05) is 41.5 Å². The molecule has 0 aliphatic heterocycles. The number of nitrogens with two attached hydrogens (primary N) is 4. The summed E-state index contributed by atoms with van der Waals surface area (Å²) in [5.74, 6) is -3.10. The highest BCUT2D eigenvalue weighted by Crippen LogP contribution is 2.10. The highest BCUT2D eigenvalue weighted by Gasteiger charge is 2.18. The molecule has 0 spiro atoms. The summed E-state index contributed by atoms with van der Waals surface area (Å²) >= 11 is 0. The molecule has 0 fully saturated rings. The number of carboxylic acids is 4. The van der Waals surface area contributed by atoms with Crippen molar-refractivity contribution in [2.24, 2.45) is 40.7 Å². The van der Waals surface area contributed by atoms with Gasteiger partial charge in [0.05, 0.1) is 0 Å². The Morgan fingerprint density at radius 2 is 1.00 bits per heavy atom. The third kappa shape index (κ3) is 21.6. The maximum atomic E-state index is 10.4. The van der Waals surface area contributed by atoms with E-state index in [4.69, 9.17) is 48.5 Å². The zero-order chi connectivity index (χ0) is 32.2. The molecule has 0 unspecified atom stereocenters. The molecule has 0 aromatic heterocycles. The first kappa shape index (κ1) is 41.2. The number of phenols is 1. The lowest BCUT2D eigenvalue weighted by Gasteiger charge is -2.11. The van der Waals surface area contributed by atoms with Gasteiger partial charge in [0.15, 0.2) is 0 Å². The van der Waals surface area contributed by atoms with E-state index in [0.717, 1.165) is 18.4 Å².